The van der Waals surface area contributed by atoms with Gasteiger partial charge in [-0.3, -0.25) is 9.59 Å². The van der Waals surface area contributed by atoms with Gasteiger partial charge in [0, 0.05) is 12.8 Å². The van der Waals surface area contributed by atoms with E-state index in [1.54, 1.807) is 6.08 Å². The zero-order chi connectivity index (χ0) is 59.2. The number of ether oxygens (including phenoxy) is 1. The van der Waals surface area contributed by atoms with E-state index in [0.717, 1.165) is 38.5 Å². The molecule has 0 fully saturated rings. The van der Waals surface area contributed by atoms with Crippen LogP contribution in [0.15, 0.2) is 12.2 Å². The fourth-order valence-electron chi connectivity index (χ4n) is 12.3. The molecule has 0 spiro atoms. The van der Waals surface area contributed by atoms with Crippen LogP contribution in [0.3, 0.4) is 0 Å². The zero-order valence-corrected chi connectivity index (χ0v) is 56.0. The van der Waals surface area contributed by atoms with Crippen molar-refractivity contribution in [1.29, 1.82) is 0 Å². The van der Waals surface area contributed by atoms with Gasteiger partial charge in [-0.25, -0.2) is 0 Å². The maximum atomic E-state index is 12.5. The highest BCUT2D eigenvalue weighted by atomic mass is 16.5. The van der Waals surface area contributed by atoms with Crippen molar-refractivity contribution < 1.29 is 24.5 Å². The third-order valence-electron chi connectivity index (χ3n) is 18.1. The van der Waals surface area contributed by atoms with Crippen LogP contribution in [0.4, 0.5) is 0 Å². The number of aliphatic hydroxyl groups excluding tert-OH is 2. The summed E-state index contributed by atoms with van der Waals surface area (Å²) in [6, 6.07) is -0.625. The van der Waals surface area contributed by atoms with Crippen LogP contribution in [0.1, 0.15) is 438 Å². The van der Waals surface area contributed by atoms with E-state index in [0.29, 0.717) is 19.4 Å². The summed E-state index contributed by atoms with van der Waals surface area (Å²) in [5.41, 5.74) is 0. The average molecular weight is 1160 g/mol. The van der Waals surface area contributed by atoms with Crippen molar-refractivity contribution in [3.8, 4) is 0 Å². The molecule has 6 heteroatoms. The van der Waals surface area contributed by atoms with Gasteiger partial charge in [0.15, 0.2) is 0 Å². The number of hydrogen-bond acceptors (Lipinski definition) is 5. The van der Waals surface area contributed by atoms with E-state index in [-0.39, 0.29) is 18.5 Å². The monoisotopic (exact) mass is 1160 g/mol. The number of nitrogens with one attached hydrogen (secondary N) is 1. The van der Waals surface area contributed by atoms with E-state index in [4.69, 9.17) is 4.74 Å². The number of carbonyl (C=O) groups is 2. The standard InChI is InChI=1S/C76H149NO5/c1-3-5-7-9-11-13-15-16-17-18-19-20-33-36-39-42-45-49-52-56-60-64-68-74(79)73(72-78)77-75(80)69-65-61-57-53-50-46-43-40-37-34-31-29-27-25-23-21-22-24-26-28-30-32-35-38-41-44-47-51-55-59-63-67-71-82-76(81)70-66-62-58-54-48-14-12-10-8-6-4-2/h64,68,73-74,78-79H,3-63,65-67,69-72H2,1-2H3,(H,77,80)/b68-64+. The third kappa shape index (κ3) is 67.7. The highest BCUT2D eigenvalue weighted by molar-refractivity contribution is 5.76. The average Bonchev–Trinajstić information content (AvgIpc) is 3.48. The van der Waals surface area contributed by atoms with Crippen LogP contribution in [-0.2, 0) is 14.3 Å². The lowest BCUT2D eigenvalue weighted by Crippen LogP contribution is -2.45. The van der Waals surface area contributed by atoms with Gasteiger partial charge in [0.2, 0.25) is 5.91 Å². The van der Waals surface area contributed by atoms with Gasteiger partial charge in [0.05, 0.1) is 25.4 Å². The summed E-state index contributed by atoms with van der Waals surface area (Å²) in [7, 11) is 0. The number of hydrogen-bond donors (Lipinski definition) is 3. The highest BCUT2D eigenvalue weighted by Crippen LogP contribution is 2.20. The van der Waals surface area contributed by atoms with E-state index < -0.39 is 12.1 Å². The Morgan fingerprint density at radius 3 is 0.829 bits per heavy atom. The minimum Gasteiger partial charge on any atom is -0.466 e. The van der Waals surface area contributed by atoms with Gasteiger partial charge in [-0.05, 0) is 32.1 Å². The highest BCUT2D eigenvalue weighted by Gasteiger charge is 2.18. The number of unbranched alkanes of at least 4 members (excludes halogenated alkanes) is 61. The van der Waals surface area contributed by atoms with Crippen LogP contribution in [-0.4, -0.2) is 47.4 Å². The molecule has 0 rings (SSSR count). The number of amides is 1. The number of carbonyl (C=O) groups excluding carboxylic acids is 2. The second-order valence-corrected chi connectivity index (χ2v) is 26.4. The Morgan fingerprint density at radius 2 is 0.561 bits per heavy atom. The molecule has 0 saturated heterocycles. The van der Waals surface area contributed by atoms with Crippen molar-refractivity contribution >= 4 is 11.9 Å². The molecule has 0 aromatic rings. The summed E-state index contributed by atoms with van der Waals surface area (Å²) in [6.45, 7) is 4.95. The lowest BCUT2D eigenvalue weighted by atomic mass is 10.0. The van der Waals surface area contributed by atoms with Gasteiger partial charge in [-0.2, -0.15) is 0 Å². The molecular weight excluding hydrogens is 1010 g/mol. The quantitative estimate of drug-likeness (QED) is 0.0320. The van der Waals surface area contributed by atoms with Gasteiger partial charge in [-0.15, -0.1) is 0 Å². The summed E-state index contributed by atoms with van der Waals surface area (Å²) in [4.78, 5) is 24.6. The van der Waals surface area contributed by atoms with Crippen molar-refractivity contribution in [3.05, 3.63) is 12.2 Å². The van der Waals surface area contributed by atoms with E-state index in [1.807, 2.05) is 6.08 Å². The maximum absolute atomic E-state index is 12.5. The van der Waals surface area contributed by atoms with Crippen LogP contribution in [0, 0.1) is 0 Å². The van der Waals surface area contributed by atoms with Crippen LogP contribution >= 0.6 is 0 Å². The maximum Gasteiger partial charge on any atom is 0.305 e. The smallest absolute Gasteiger partial charge is 0.305 e. The van der Waals surface area contributed by atoms with Gasteiger partial charge >= 0.3 is 5.97 Å². The Kier molecular flexibility index (Phi) is 70.8. The number of aliphatic hydroxyl groups is 2. The van der Waals surface area contributed by atoms with E-state index in [1.165, 1.54) is 372 Å². The Bertz CT molecular complexity index is 1240. The first kappa shape index (κ1) is 80.6. The summed E-state index contributed by atoms with van der Waals surface area (Å²) < 4.78 is 5.48. The van der Waals surface area contributed by atoms with Crippen molar-refractivity contribution in [2.24, 2.45) is 0 Å². The molecule has 488 valence electrons. The van der Waals surface area contributed by atoms with Crippen LogP contribution in [0.2, 0.25) is 0 Å². The van der Waals surface area contributed by atoms with Gasteiger partial charge in [0.25, 0.3) is 0 Å². The predicted octanol–water partition coefficient (Wildman–Crippen LogP) is 24.7. The summed E-state index contributed by atoms with van der Waals surface area (Å²) in [6.07, 6.45) is 90.4. The lowest BCUT2D eigenvalue weighted by Gasteiger charge is -2.20. The third-order valence-corrected chi connectivity index (χ3v) is 18.1. The molecule has 0 radical (unpaired) electrons. The second kappa shape index (κ2) is 72.1. The Morgan fingerprint density at radius 1 is 0.329 bits per heavy atom. The first-order chi connectivity index (χ1) is 40.5. The molecule has 3 N–H and O–H groups in total. The summed E-state index contributed by atoms with van der Waals surface area (Å²) in [5.74, 6) is -0.0366. The molecule has 1 amide bonds. The Hall–Kier alpha value is -1.40. The molecule has 0 aliphatic heterocycles. The SMILES string of the molecule is CCCCCCCCCCCCCCCCCCCCCC/C=C/C(O)C(CO)NC(=O)CCCCCCCCCCCCCCCCCCCCCCCCCCCCCCCCCCOC(=O)CCCCCCCCCCCCC. The van der Waals surface area contributed by atoms with Crippen molar-refractivity contribution in [3.63, 3.8) is 0 Å². The van der Waals surface area contributed by atoms with Gasteiger partial charge < -0.3 is 20.3 Å². The molecule has 0 aromatic heterocycles. The Labute approximate surface area is 514 Å². The largest absolute Gasteiger partial charge is 0.466 e. The van der Waals surface area contributed by atoms with Crippen molar-refractivity contribution in [2.45, 2.75) is 450 Å². The minimum absolute atomic E-state index is 0.0216. The molecule has 0 aliphatic carbocycles. The van der Waals surface area contributed by atoms with E-state index in [9.17, 15) is 19.8 Å². The number of allylic oxidation sites excluding steroid dienone is 1. The molecule has 2 atom stereocenters. The number of rotatable bonds is 72. The number of esters is 1. The second-order valence-electron chi connectivity index (χ2n) is 26.4. The molecule has 2 unspecified atom stereocenters. The molecule has 0 bridgehead atoms. The first-order valence-electron chi connectivity index (χ1n) is 38.0. The predicted molar refractivity (Wildman–Crippen MR) is 361 cm³/mol. The van der Waals surface area contributed by atoms with Crippen LogP contribution < -0.4 is 5.32 Å². The van der Waals surface area contributed by atoms with Crippen molar-refractivity contribution in [1.82, 2.24) is 5.32 Å². The molecule has 0 heterocycles. The molecule has 0 saturated carbocycles. The summed E-state index contributed by atoms with van der Waals surface area (Å²) in [5, 5.41) is 23.3. The van der Waals surface area contributed by atoms with Gasteiger partial charge in [0.1, 0.15) is 0 Å². The molecule has 82 heavy (non-hydrogen) atoms. The van der Waals surface area contributed by atoms with E-state index in [2.05, 4.69) is 19.2 Å². The molecule has 0 aromatic carbocycles. The van der Waals surface area contributed by atoms with Gasteiger partial charge in [-0.1, -0.05) is 405 Å². The fourth-order valence-corrected chi connectivity index (χ4v) is 12.3. The molecule has 6 nitrogen and oxygen atoms in total. The minimum atomic E-state index is -0.842. The van der Waals surface area contributed by atoms with Crippen LogP contribution in [0.5, 0.6) is 0 Å². The van der Waals surface area contributed by atoms with Crippen molar-refractivity contribution in [2.75, 3.05) is 13.2 Å². The van der Waals surface area contributed by atoms with E-state index >= 15 is 0 Å². The topological polar surface area (TPSA) is 95.9 Å². The zero-order valence-electron chi connectivity index (χ0n) is 56.0. The van der Waals surface area contributed by atoms with Crippen LogP contribution in [0.25, 0.3) is 0 Å². The first-order valence-corrected chi connectivity index (χ1v) is 38.0. The Balaban J connectivity index is 3.35. The normalized spacial score (nSPS) is 12.5. The lowest BCUT2D eigenvalue weighted by molar-refractivity contribution is -0.143. The molecule has 0 aliphatic rings. The fraction of sp³-hybridized carbons (Fsp3) is 0.947. The molecular formula is C76H149NO5. The summed E-state index contributed by atoms with van der Waals surface area (Å²) >= 11 is 0.